The molecule has 0 bridgehead atoms. The molecule has 0 aliphatic heterocycles. The molecule has 0 heterocycles. The quantitative estimate of drug-likeness (QED) is 0.546. The van der Waals surface area contributed by atoms with Crippen LogP contribution in [0.4, 0.5) is 13.2 Å². The highest BCUT2D eigenvalue weighted by molar-refractivity contribution is 7.87. The number of rotatable bonds is 8. The van der Waals surface area contributed by atoms with Gasteiger partial charge in [-0.3, -0.25) is 4.79 Å². The lowest BCUT2D eigenvalue weighted by atomic mass is 10.1. The summed E-state index contributed by atoms with van der Waals surface area (Å²) in [5.74, 6) is 0.269. The van der Waals surface area contributed by atoms with Crippen LogP contribution in [-0.4, -0.2) is 25.8 Å². The fourth-order valence-corrected chi connectivity index (χ4v) is 3.77. The molecule has 0 saturated carbocycles. The van der Waals surface area contributed by atoms with Gasteiger partial charge in [0.15, 0.2) is 0 Å². The lowest BCUT2D eigenvalue weighted by molar-refractivity contribution is -0.137. The molecule has 9 heteroatoms. The molecule has 5 nitrogen and oxygen atoms in total. The molecule has 0 N–H and O–H groups in total. The minimum atomic E-state index is -4.66. The molecule has 30 heavy (non-hydrogen) atoms. The summed E-state index contributed by atoms with van der Waals surface area (Å²) in [5, 5.41) is 0. The monoisotopic (exact) mass is 443 g/mol. The zero-order valence-electron chi connectivity index (χ0n) is 16.9. The Kier molecular flexibility index (Phi) is 7.52. The van der Waals surface area contributed by atoms with Crippen LogP contribution in [0.25, 0.3) is 0 Å². The number of halogens is 3. The predicted octanol–water partition coefficient (Wildman–Crippen LogP) is 4.87. The van der Waals surface area contributed by atoms with Crippen LogP contribution in [0.2, 0.25) is 0 Å². The van der Waals surface area contributed by atoms with E-state index in [0.717, 1.165) is 23.8 Å². The van der Waals surface area contributed by atoms with Gasteiger partial charge in [-0.2, -0.15) is 21.6 Å². The second-order valence-corrected chi connectivity index (χ2v) is 8.77. The summed E-state index contributed by atoms with van der Waals surface area (Å²) in [6.45, 7) is 6.75. The van der Waals surface area contributed by atoms with E-state index in [9.17, 15) is 26.4 Å². The molecule has 0 saturated heterocycles. The van der Waals surface area contributed by atoms with E-state index in [1.54, 1.807) is 24.0 Å². The van der Waals surface area contributed by atoms with Crippen molar-refractivity contribution in [3.05, 3.63) is 59.7 Å². The van der Waals surface area contributed by atoms with Gasteiger partial charge in [0.25, 0.3) is 0 Å². The molecule has 2 aromatic rings. The maximum absolute atomic E-state index is 12.8. The van der Waals surface area contributed by atoms with Crippen molar-refractivity contribution in [3.8, 4) is 5.75 Å². The zero-order chi connectivity index (χ0) is 22.5. The van der Waals surface area contributed by atoms with E-state index < -0.39 is 26.8 Å². The van der Waals surface area contributed by atoms with Crippen molar-refractivity contribution in [3.63, 3.8) is 0 Å². The fourth-order valence-electron chi connectivity index (χ4n) is 2.79. The van der Waals surface area contributed by atoms with E-state index >= 15 is 0 Å². The molecule has 0 aromatic heterocycles. The Hall–Kier alpha value is -2.55. The summed E-state index contributed by atoms with van der Waals surface area (Å²) in [7, 11) is -4.43. The summed E-state index contributed by atoms with van der Waals surface area (Å²) >= 11 is 0. The first-order valence-electron chi connectivity index (χ1n) is 9.41. The zero-order valence-corrected chi connectivity index (χ0v) is 17.8. The van der Waals surface area contributed by atoms with E-state index in [1.165, 1.54) is 12.1 Å². The van der Waals surface area contributed by atoms with Crippen LogP contribution >= 0.6 is 0 Å². The summed E-state index contributed by atoms with van der Waals surface area (Å²) < 4.78 is 68.2. The minimum absolute atomic E-state index is 0.0103. The standard InChI is InChI=1S/C21H24F3NO4S/c1-4-20(26)25(13-15(2)3)14-16-8-10-18(11-9-16)29-30(27,28)19-7-5-6-17(12-19)21(22,23)24/h5-12,15H,4,13-14H2,1-3H3. The minimum Gasteiger partial charge on any atom is -0.379 e. The average Bonchev–Trinajstić information content (AvgIpc) is 2.67. The van der Waals surface area contributed by atoms with Crippen molar-refractivity contribution in [1.82, 2.24) is 4.90 Å². The van der Waals surface area contributed by atoms with Gasteiger partial charge in [-0.05, 0) is 41.8 Å². The van der Waals surface area contributed by atoms with E-state index in [2.05, 4.69) is 0 Å². The van der Waals surface area contributed by atoms with Gasteiger partial charge in [-0.25, -0.2) is 0 Å². The summed E-state index contributed by atoms with van der Waals surface area (Å²) in [6, 6.07) is 9.42. The van der Waals surface area contributed by atoms with Gasteiger partial charge in [0.05, 0.1) is 5.56 Å². The van der Waals surface area contributed by atoms with Gasteiger partial charge >= 0.3 is 16.3 Å². The summed E-state index contributed by atoms with van der Waals surface area (Å²) in [6.07, 6.45) is -4.28. The first-order valence-corrected chi connectivity index (χ1v) is 10.8. The number of hydrogen-bond acceptors (Lipinski definition) is 4. The Morgan fingerprint density at radius 3 is 2.27 bits per heavy atom. The van der Waals surface area contributed by atoms with Crippen molar-refractivity contribution in [2.24, 2.45) is 5.92 Å². The van der Waals surface area contributed by atoms with Crippen LogP contribution in [0.15, 0.2) is 53.4 Å². The first kappa shape index (κ1) is 23.7. The Balaban J connectivity index is 2.16. The van der Waals surface area contributed by atoms with Crippen LogP contribution in [0, 0.1) is 5.92 Å². The van der Waals surface area contributed by atoms with Crippen molar-refractivity contribution in [1.29, 1.82) is 0 Å². The predicted molar refractivity (Wildman–Crippen MR) is 106 cm³/mol. The Morgan fingerprint density at radius 1 is 1.10 bits per heavy atom. The van der Waals surface area contributed by atoms with Crippen molar-refractivity contribution < 1.29 is 30.6 Å². The van der Waals surface area contributed by atoms with Gasteiger partial charge in [0.1, 0.15) is 10.6 Å². The number of amides is 1. The highest BCUT2D eigenvalue weighted by Gasteiger charge is 2.32. The second kappa shape index (κ2) is 9.51. The van der Waals surface area contributed by atoms with Crippen LogP contribution in [-0.2, 0) is 27.6 Å². The van der Waals surface area contributed by atoms with Crippen LogP contribution < -0.4 is 4.18 Å². The van der Waals surface area contributed by atoms with Crippen LogP contribution in [0.3, 0.4) is 0 Å². The molecule has 0 unspecified atom stereocenters. The van der Waals surface area contributed by atoms with E-state index in [4.69, 9.17) is 4.18 Å². The smallest absolute Gasteiger partial charge is 0.379 e. The summed E-state index contributed by atoms with van der Waals surface area (Å²) in [5.41, 5.74) is -0.297. The normalized spacial score (nSPS) is 12.1. The topological polar surface area (TPSA) is 63.7 Å². The third kappa shape index (κ3) is 6.48. The number of nitrogens with zero attached hydrogens (tertiary/aromatic N) is 1. The molecule has 164 valence electrons. The number of hydrogen-bond donors (Lipinski definition) is 0. The van der Waals surface area contributed by atoms with Gasteiger partial charge < -0.3 is 9.08 Å². The van der Waals surface area contributed by atoms with Crippen molar-refractivity contribution in [2.75, 3.05) is 6.54 Å². The van der Waals surface area contributed by atoms with Crippen LogP contribution in [0.1, 0.15) is 38.3 Å². The Morgan fingerprint density at radius 2 is 1.73 bits per heavy atom. The largest absolute Gasteiger partial charge is 0.416 e. The molecule has 0 aliphatic carbocycles. The van der Waals surface area contributed by atoms with Crippen molar-refractivity contribution in [2.45, 2.75) is 44.8 Å². The molecule has 0 spiro atoms. The molecule has 0 fully saturated rings. The lowest BCUT2D eigenvalue weighted by Gasteiger charge is -2.24. The van der Waals surface area contributed by atoms with Crippen LogP contribution in [0.5, 0.6) is 5.75 Å². The van der Waals surface area contributed by atoms with Gasteiger partial charge in [-0.1, -0.05) is 39.0 Å². The van der Waals surface area contributed by atoms with Crippen molar-refractivity contribution >= 4 is 16.0 Å². The highest BCUT2D eigenvalue weighted by atomic mass is 32.2. The lowest BCUT2D eigenvalue weighted by Crippen LogP contribution is -2.33. The molecule has 0 aliphatic rings. The molecule has 0 atom stereocenters. The van der Waals surface area contributed by atoms with E-state index in [-0.39, 0.29) is 11.7 Å². The van der Waals surface area contributed by atoms with E-state index in [1.807, 2.05) is 13.8 Å². The molecular formula is C21H24F3NO4S. The SMILES string of the molecule is CCC(=O)N(Cc1ccc(OS(=O)(=O)c2cccc(C(F)(F)F)c2)cc1)CC(C)C. The number of carbonyl (C=O) groups excluding carboxylic acids is 1. The fraction of sp³-hybridized carbons (Fsp3) is 0.381. The molecule has 1 amide bonds. The maximum atomic E-state index is 12.8. The van der Waals surface area contributed by atoms with Gasteiger partial charge in [-0.15, -0.1) is 0 Å². The molecular weight excluding hydrogens is 419 g/mol. The third-order valence-electron chi connectivity index (χ3n) is 4.19. The number of benzene rings is 2. The Bertz CT molecular complexity index is 970. The number of carbonyl (C=O) groups is 1. The molecule has 2 rings (SSSR count). The Labute approximate surface area is 174 Å². The first-order chi connectivity index (χ1) is 13.9. The highest BCUT2D eigenvalue weighted by Crippen LogP contribution is 2.31. The van der Waals surface area contributed by atoms with Gasteiger partial charge in [0, 0.05) is 19.5 Å². The maximum Gasteiger partial charge on any atom is 0.416 e. The van der Waals surface area contributed by atoms with Gasteiger partial charge in [0.2, 0.25) is 5.91 Å². The number of alkyl halides is 3. The average molecular weight is 443 g/mol. The molecule has 2 aromatic carbocycles. The van der Waals surface area contributed by atoms with E-state index in [0.29, 0.717) is 31.5 Å². The second-order valence-electron chi connectivity index (χ2n) is 7.23. The summed E-state index contributed by atoms with van der Waals surface area (Å²) in [4.78, 5) is 13.2. The third-order valence-corrected chi connectivity index (χ3v) is 5.44. The molecule has 0 radical (unpaired) electrons.